The van der Waals surface area contributed by atoms with Gasteiger partial charge in [0.2, 0.25) is 6.41 Å². The third-order valence-corrected chi connectivity index (χ3v) is 3.23. The minimum absolute atomic E-state index is 0.125. The average molecular weight is 272 g/mol. The highest BCUT2D eigenvalue weighted by atomic mass is 16.1. The van der Waals surface area contributed by atoms with Crippen LogP contribution in [0.4, 0.5) is 5.82 Å². The number of fused-ring (bicyclic) bond motifs is 1. The molecule has 0 bridgehead atoms. The molecule has 1 amide bonds. The first-order chi connectivity index (χ1) is 9.69. The summed E-state index contributed by atoms with van der Waals surface area (Å²) in [7, 11) is 0. The van der Waals surface area contributed by atoms with Crippen molar-refractivity contribution in [1.82, 2.24) is 15.2 Å². The van der Waals surface area contributed by atoms with Gasteiger partial charge in [-0.1, -0.05) is 0 Å². The molecule has 0 radical (unpaired) electrons. The zero-order valence-corrected chi connectivity index (χ0v) is 11.2. The van der Waals surface area contributed by atoms with Crippen molar-refractivity contribution in [3.63, 3.8) is 0 Å². The zero-order chi connectivity index (χ0) is 14.5. The molecule has 1 aliphatic heterocycles. The molecule has 3 N–H and O–H groups in total. The number of amides is 1. The van der Waals surface area contributed by atoms with E-state index in [2.05, 4.69) is 31.9 Å². The molecule has 1 fully saturated rings. The van der Waals surface area contributed by atoms with E-state index >= 15 is 0 Å². The van der Waals surface area contributed by atoms with Gasteiger partial charge in [-0.05, 0) is 19.4 Å². The van der Waals surface area contributed by atoms with Crippen molar-refractivity contribution in [1.29, 1.82) is 5.26 Å². The van der Waals surface area contributed by atoms with Crippen molar-refractivity contribution in [2.45, 2.75) is 13.3 Å². The number of nitrogens with two attached hydrogens (primary N) is 1. The Morgan fingerprint density at radius 2 is 2.40 bits per heavy atom. The lowest BCUT2D eigenvalue weighted by molar-refractivity contribution is -0.106. The molecule has 2 aromatic rings. The lowest BCUT2D eigenvalue weighted by atomic mass is 10.1. The number of carbonyl (C=O) groups is 1. The van der Waals surface area contributed by atoms with E-state index in [0.29, 0.717) is 0 Å². The van der Waals surface area contributed by atoms with Gasteiger partial charge < -0.3 is 10.6 Å². The van der Waals surface area contributed by atoms with E-state index in [1.54, 1.807) is 0 Å². The van der Waals surface area contributed by atoms with Crippen LogP contribution >= 0.6 is 0 Å². The molecule has 7 heteroatoms. The number of aryl methyl sites for hydroxylation is 1. The van der Waals surface area contributed by atoms with Crippen molar-refractivity contribution >= 4 is 23.1 Å². The molecule has 7 nitrogen and oxygen atoms in total. The highest BCUT2D eigenvalue weighted by Gasteiger charge is 2.25. The lowest BCUT2D eigenvalue weighted by Crippen LogP contribution is -2.19. The second kappa shape index (κ2) is 6.02. The minimum Gasteiger partial charge on any atom is -0.372 e. The highest BCUT2D eigenvalue weighted by molar-refractivity contribution is 5.89. The number of anilines is 1. The van der Waals surface area contributed by atoms with Gasteiger partial charge in [-0.15, -0.1) is 0 Å². The first-order valence-electron chi connectivity index (χ1n) is 6.30. The molecule has 1 atom stereocenters. The Morgan fingerprint density at radius 3 is 3.05 bits per heavy atom. The molecule has 0 spiro atoms. The average Bonchev–Trinajstić information content (AvgIpc) is 3.04. The minimum atomic E-state index is 0.125. The number of nitrogens with zero attached hydrogens (tertiary/aromatic N) is 4. The molecular weight excluding hydrogens is 256 g/mol. The van der Waals surface area contributed by atoms with Gasteiger partial charge in [0, 0.05) is 25.0 Å². The molecule has 0 aromatic carbocycles. The van der Waals surface area contributed by atoms with Crippen molar-refractivity contribution < 1.29 is 4.79 Å². The standard InChI is InChI=1S/C12H13N5.CH3NO/c1-8-4-11-10(6-14-8)12(16-15-11)17-3-2-9(5-13)7-17;2-1-3/h4,6,9H,2-3,7H2,1H3,(H,15,16);1H,(H2,2,3). The van der Waals surface area contributed by atoms with Gasteiger partial charge in [0.1, 0.15) is 0 Å². The fourth-order valence-electron chi connectivity index (χ4n) is 2.30. The summed E-state index contributed by atoms with van der Waals surface area (Å²) in [4.78, 5) is 15.0. The van der Waals surface area contributed by atoms with Gasteiger partial charge in [-0.25, -0.2) is 0 Å². The molecular formula is C13H16N6O. The van der Waals surface area contributed by atoms with E-state index in [0.717, 1.165) is 41.9 Å². The Balaban J connectivity index is 0.000000452. The van der Waals surface area contributed by atoms with Gasteiger partial charge >= 0.3 is 0 Å². The third-order valence-electron chi connectivity index (χ3n) is 3.23. The Bertz CT molecular complexity index is 644. The van der Waals surface area contributed by atoms with Crippen LogP contribution in [-0.2, 0) is 4.79 Å². The van der Waals surface area contributed by atoms with Crippen LogP contribution in [0.25, 0.3) is 10.9 Å². The number of rotatable bonds is 1. The number of nitrogens with one attached hydrogen (secondary N) is 1. The van der Waals surface area contributed by atoms with E-state index in [9.17, 15) is 0 Å². The molecule has 20 heavy (non-hydrogen) atoms. The number of carbonyl (C=O) groups excluding carboxylic acids is 1. The fraction of sp³-hybridized carbons (Fsp3) is 0.385. The molecule has 1 saturated heterocycles. The molecule has 1 unspecified atom stereocenters. The maximum atomic E-state index is 8.91. The second-order valence-corrected chi connectivity index (χ2v) is 4.62. The number of hydrogen-bond donors (Lipinski definition) is 2. The quantitative estimate of drug-likeness (QED) is 0.743. The molecule has 3 rings (SSSR count). The van der Waals surface area contributed by atoms with Crippen LogP contribution in [0.5, 0.6) is 0 Å². The Kier molecular flexibility index (Phi) is 4.15. The smallest absolute Gasteiger partial charge is 0.204 e. The van der Waals surface area contributed by atoms with Crippen molar-refractivity contribution in [3.05, 3.63) is 18.0 Å². The van der Waals surface area contributed by atoms with Crippen LogP contribution in [0, 0.1) is 24.2 Å². The maximum Gasteiger partial charge on any atom is 0.204 e. The molecule has 0 aliphatic carbocycles. The number of aromatic nitrogens is 3. The van der Waals surface area contributed by atoms with Gasteiger partial charge in [0.05, 0.1) is 22.9 Å². The van der Waals surface area contributed by atoms with Crippen molar-refractivity contribution in [2.75, 3.05) is 18.0 Å². The summed E-state index contributed by atoms with van der Waals surface area (Å²) in [5.74, 6) is 1.05. The third kappa shape index (κ3) is 2.69. The van der Waals surface area contributed by atoms with E-state index in [-0.39, 0.29) is 12.3 Å². The first-order valence-corrected chi connectivity index (χ1v) is 6.30. The number of primary amides is 1. The van der Waals surface area contributed by atoms with E-state index in [1.807, 2.05) is 19.2 Å². The topological polar surface area (TPSA) is 112 Å². The van der Waals surface area contributed by atoms with Gasteiger partial charge in [-0.2, -0.15) is 10.4 Å². The number of aromatic amines is 1. The monoisotopic (exact) mass is 272 g/mol. The first kappa shape index (κ1) is 13.8. The summed E-state index contributed by atoms with van der Waals surface area (Å²) in [6.07, 6.45) is 3.02. The lowest BCUT2D eigenvalue weighted by Gasteiger charge is -2.14. The van der Waals surface area contributed by atoms with Gasteiger partial charge in [-0.3, -0.25) is 14.9 Å². The molecule has 104 valence electrons. The van der Waals surface area contributed by atoms with Crippen molar-refractivity contribution in [2.24, 2.45) is 11.7 Å². The molecule has 0 saturated carbocycles. The number of pyridine rings is 1. The fourth-order valence-corrected chi connectivity index (χ4v) is 2.30. The predicted octanol–water partition coefficient (Wildman–Crippen LogP) is 0.718. The summed E-state index contributed by atoms with van der Waals surface area (Å²) < 4.78 is 0. The number of H-pyrrole nitrogens is 1. The van der Waals surface area contributed by atoms with Gasteiger partial charge in [0.25, 0.3) is 0 Å². The Hall–Kier alpha value is -2.62. The van der Waals surface area contributed by atoms with Crippen LogP contribution in [0.1, 0.15) is 12.1 Å². The van der Waals surface area contributed by atoms with Crippen LogP contribution < -0.4 is 10.6 Å². The van der Waals surface area contributed by atoms with Crippen LogP contribution in [-0.4, -0.2) is 34.7 Å². The normalized spacial score (nSPS) is 17.4. The second-order valence-electron chi connectivity index (χ2n) is 4.62. The molecule has 1 aliphatic rings. The van der Waals surface area contributed by atoms with Crippen LogP contribution in [0.2, 0.25) is 0 Å². The predicted molar refractivity (Wildman–Crippen MR) is 74.8 cm³/mol. The van der Waals surface area contributed by atoms with Gasteiger partial charge in [0.15, 0.2) is 5.82 Å². The summed E-state index contributed by atoms with van der Waals surface area (Å²) in [6, 6.07) is 4.31. The summed E-state index contributed by atoms with van der Waals surface area (Å²) in [6.45, 7) is 3.62. The van der Waals surface area contributed by atoms with Crippen molar-refractivity contribution in [3.8, 4) is 6.07 Å². The summed E-state index contributed by atoms with van der Waals surface area (Å²) in [5, 5.41) is 17.3. The maximum absolute atomic E-state index is 8.91. The SMILES string of the molecule is Cc1cc2[nH]nc(N3CCC(C#N)C3)c2cn1.NC=O. The van der Waals surface area contributed by atoms with E-state index in [1.165, 1.54) is 0 Å². The molecule has 3 heterocycles. The van der Waals surface area contributed by atoms with E-state index in [4.69, 9.17) is 10.1 Å². The van der Waals surface area contributed by atoms with Crippen LogP contribution in [0.15, 0.2) is 12.3 Å². The zero-order valence-electron chi connectivity index (χ0n) is 11.2. The number of hydrogen-bond acceptors (Lipinski definition) is 5. The highest BCUT2D eigenvalue weighted by Crippen LogP contribution is 2.28. The summed E-state index contributed by atoms with van der Waals surface area (Å²) in [5.41, 5.74) is 6.15. The Morgan fingerprint density at radius 1 is 1.65 bits per heavy atom. The van der Waals surface area contributed by atoms with E-state index < -0.39 is 0 Å². The molecule has 2 aromatic heterocycles. The largest absolute Gasteiger partial charge is 0.372 e. The van der Waals surface area contributed by atoms with Crippen LogP contribution in [0.3, 0.4) is 0 Å². The Labute approximate surface area is 116 Å². The summed E-state index contributed by atoms with van der Waals surface area (Å²) >= 11 is 0. The number of nitriles is 1.